The van der Waals surface area contributed by atoms with E-state index in [4.69, 9.17) is 24.0 Å². The summed E-state index contributed by atoms with van der Waals surface area (Å²) in [5.41, 5.74) is -1.22. The molecule has 14 heteroatoms. The molecule has 1 aliphatic carbocycles. The van der Waals surface area contributed by atoms with Crippen LogP contribution in [0.25, 0.3) is 0 Å². The van der Waals surface area contributed by atoms with Crippen molar-refractivity contribution < 1.29 is 53.5 Å². The minimum Gasteiger partial charge on any atom is -0.480 e. The molecule has 14 nitrogen and oxygen atoms in total. The van der Waals surface area contributed by atoms with Crippen molar-refractivity contribution in [3.05, 3.63) is 39.9 Å². The molecule has 5 fully saturated rings. The normalized spacial score (nSPS) is 36.6. The van der Waals surface area contributed by atoms with Crippen LogP contribution in [0.1, 0.15) is 71.0 Å². The lowest BCUT2D eigenvalue weighted by molar-refractivity contribution is -0.576. The number of carbonyl (C=O) groups excluding carboxylic acids is 2. The van der Waals surface area contributed by atoms with E-state index in [0.717, 1.165) is 25.3 Å². The molecule has 6 rings (SSSR count). The summed E-state index contributed by atoms with van der Waals surface area (Å²) in [4.78, 5) is 59.3. The van der Waals surface area contributed by atoms with E-state index in [-0.39, 0.29) is 35.4 Å². The highest BCUT2D eigenvalue weighted by Gasteiger charge is 2.69. The number of carboxylic acids is 1. The number of non-ortho nitro benzene ring substituents is 1. The molecule has 1 spiro atoms. The number of fused-ring (bicyclic) bond motifs is 2. The van der Waals surface area contributed by atoms with Gasteiger partial charge in [-0.15, -0.1) is 0 Å². The standard InChI is InChI=1S/C28H36N2O12/c1-14-7-8-19-15(2)25(39-26-28(19)18(14)11-12-27(3,40-26)41-42-28)38-21(32)10-9-20(31)29-22(24(34)35)23(33)16-5-4-6-17(13-16)30(36)37/h4-6,13-15,18-19,22-23,25-26,33H,7-12H2,1-3H3,(H,29,31)(H,34,35)/t14-,15-,18+,19+,22-,23+,25-,26-,27-,28-/m1/s1. The summed E-state index contributed by atoms with van der Waals surface area (Å²) >= 11 is 0. The van der Waals surface area contributed by atoms with Crippen molar-refractivity contribution in [1.29, 1.82) is 0 Å². The number of carboxylic acid groups (broad SMARTS) is 1. The monoisotopic (exact) mass is 592 g/mol. The SMILES string of the molecule is C[C@H]1[C@H](OC(=O)CCC(=O)N[C@@H](C(=O)O)[C@@H](O)c2cccc([N+](=O)[O-])c2)O[C@@H]2O[C@@]3(C)CC[C@H]4[C@H](C)CC[C@@H]1[C@@]24OO3. The van der Waals surface area contributed by atoms with Gasteiger partial charge in [0.1, 0.15) is 6.10 Å². The van der Waals surface area contributed by atoms with Crippen molar-refractivity contribution in [2.45, 2.75) is 95.4 Å². The third-order valence-electron chi connectivity index (χ3n) is 9.22. The molecule has 0 unspecified atom stereocenters. The molecule has 5 aliphatic rings. The summed E-state index contributed by atoms with van der Waals surface area (Å²) < 4.78 is 18.1. The first-order chi connectivity index (χ1) is 19.8. The van der Waals surface area contributed by atoms with Crippen LogP contribution >= 0.6 is 0 Å². The van der Waals surface area contributed by atoms with Gasteiger partial charge in [0.05, 0.1) is 11.3 Å². The van der Waals surface area contributed by atoms with Gasteiger partial charge < -0.3 is 29.7 Å². The lowest BCUT2D eigenvalue weighted by atomic mass is 9.58. The van der Waals surface area contributed by atoms with Gasteiger partial charge >= 0.3 is 11.9 Å². The Bertz CT molecular complexity index is 1240. The average molecular weight is 593 g/mol. The fourth-order valence-corrected chi connectivity index (χ4v) is 6.95. The Morgan fingerprint density at radius 2 is 1.93 bits per heavy atom. The number of rotatable bonds is 9. The molecule has 2 bridgehead atoms. The van der Waals surface area contributed by atoms with E-state index in [1.807, 2.05) is 6.92 Å². The molecule has 230 valence electrons. The Hall–Kier alpha value is -3.17. The van der Waals surface area contributed by atoms with Crippen LogP contribution in [0.4, 0.5) is 5.69 Å². The van der Waals surface area contributed by atoms with E-state index in [9.17, 15) is 34.7 Å². The van der Waals surface area contributed by atoms with Gasteiger partial charge in [-0.3, -0.25) is 19.7 Å². The number of nitrogens with zero attached hydrogens (tertiary/aromatic N) is 1. The predicted molar refractivity (Wildman–Crippen MR) is 140 cm³/mol. The first-order valence-electron chi connectivity index (χ1n) is 14.2. The number of carbonyl (C=O) groups is 3. The summed E-state index contributed by atoms with van der Waals surface area (Å²) in [5.74, 6) is -3.90. The zero-order valence-corrected chi connectivity index (χ0v) is 23.6. The molecular formula is C28H36N2O12. The van der Waals surface area contributed by atoms with Crippen LogP contribution in [0.15, 0.2) is 24.3 Å². The molecule has 4 aliphatic heterocycles. The number of aliphatic carboxylic acids is 1. The minimum atomic E-state index is -1.80. The first kappa shape index (κ1) is 30.3. The number of hydrogen-bond acceptors (Lipinski definition) is 11. The number of amides is 1. The maximum atomic E-state index is 12.8. The minimum absolute atomic E-state index is 0.0606. The summed E-state index contributed by atoms with van der Waals surface area (Å²) in [6.07, 6.45) is -1.06. The number of esters is 1. The zero-order valence-electron chi connectivity index (χ0n) is 23.6. The molecule has 0 aromatic heterocycles. The number of nitro groups is 1. The second-order valence-electron chi connectivity index (χ2n) is 11.9. The molecule has 0 radical (unpaired) electrons. The fourth-order valence-electron chi connectivity index (χ4n) is 6.95. The van der Waals surface area contributed by atoms with Gasteiger partial charge in [0, 0.05) is 36.8 Å². The number of ether oxygens (including phenoxy) is 3. The third-order valence-corrected chi connectivity index (χ3v) is 9.22. The summed E-state index contributed by atoms with van der Waals surface area (Å²) in [6.45, 7) is 5.90. The largest absolute Gasteiger partial charge is 0.480 e. The highest BCUT2D eigenvalue weighted by Crippen LogP contribution is 2.60. The number of aliphatic hydroxyl groups excluding tert-OH is 1. The van der Waals surface area contributed by atoms with E-state index in [1.165, 1.54) is 18.2 Å². The topological polar surface area (TPSA) is 193 Å². The van der Waals surface area contributed by atoms with Crippen LogP contribution in [0.2, 0.25) is 0 Å². The van der Waals surface area contributed by atoms with Crippen LogP contribution in [-0.2, 0) is 38.4 Å². The third kappa shape index (κ3) is 5.49. The van der Waals surface area contributed by atoms with Crippen molar-refractivity contribution in [3.63, 3.8) is 0 Å². The van der Waals surface area contributed by atoms with Crippen molar-refractivity contribution in [2.24, 2.45) is 23.7 Å². The van der Waals surface area contributed by atoms with Crippen LogP contribution in [0, 0.1) is 33.8 Å². The number of benzene rings is 1. The zero-order chi connectivity index (χ0) is 30.4. The van der Waals surface area contributed by atoms with Gasteiger partial charge in [-0.1, -0.05) is 26.0 Å². The van der Waals surface area contributed by atoms with Gasteiger partial charge in [0.15, 0.2) is 17.9 Å². The summed E-state index contributed by atoms with van der Waals surface area (Å²) in [7, 11) is 0. The summed E-state index contributed by atoms with van der Waals surface area (Å²) in [5, 5.41) is 33.3. The maximum Gasteiger partial charge on any atom is 0.329 e. The molecule has 3 N–H and O–H groups in total. The van der Waals surface area contributed by atoms with E-state index >= 15 is 0 Å². The molecule has 1 aromatic carbocycles. The van der Waals surface area contributed by atoms with Crippen LogP contribution < -0.4 is 5.32 Å². The fraction of sp³-hybridized carbons (Fsp3) is 0.679. The molecule has 42 heavy (non-hydrogen) atoms. The molecule has 1 saturated carbocycles. The van der Waals surface area contributed by atoms with Gasteiger partial charge in [-0.2, -0.15) is 0 Å². The lowest BCUT2D eigenvalue weighted by Gasteiger charge is -2.59. The number of nitrogens with one attached hydrogen (secondary N) is 1. The van der Waals surface area contributed by atoms with Crippen LogP contribution in [0.5, 0.6) is 0 Å². The maximum absolute atomic E-state index is 12.8. The van der Waals surface area contributed by atoms with Crippen molar-refractivity contribution >= 4 is 23.5 Å². The van der Waals surface area contributed by atoms with Crippen molar-refractivity contribution in [1.82, 2.24) is 5.32 Å². The molecule has 1 amide bonds. The first-order valence-corrected chi connectivity index (χ1v) is 14.2. The van der Waals surface area contributed by atoms with Gasteiger partial charge in [-0.25, -0.2) is 14.6 Å². The van der Waals surface area contributed by atoms with E-state index < -0.39 is 65.3 Å². The highest BCUT2D eigenvalue weighted by atomic mass is 17.3. The molecule has 1 aromatic rings. The Labute approximate surface area is 241 Å². The summed E-state index contributed by atoms with van der Waals surface area (Å²) in [6, 6.07) is 3.01. The average Bonchev–Trinajstić information content (AvgIpc) is 3.18. The van der Waals surface area contributed by atoms with Gasteiger partial charge in [0.25, 0.3) is 5.69 Å². The second kappa shape index (κ2) is 11.5. The molecular weight excluding hydrogens is 556 g/mol. The number of aliphatic hydroxyl groups is 1. The lowest BCUT2D eigenvalue weighted by Crippen LogP contribution is -2.70. The number of hydrogen-bond donors (Lipinski definition) is 3. The molecule has 4 saturated heterocycles. The Morgan fingerprint density at radius 3 is 2.64 bits per heavy atom. The predicted octanol–water partition coefficient (Wildman–Crippen LogP) is 2.73. The highest BCUT2D eigenvalue weighted by molar-refractivity contribution is 5.86. The van der Waals surface area contributed by atoms with E-state index in [2.05, 4.69) is 12.2 Å². The van der Waals surface area contributed by atoms with Gasteiger partial charge in [-0.05, 0) is 43.6 Å². The van der Waals surface area contributed by atoms with Crippen LogP contribution in [-0.4, -0.2) is 63.0 Å². The van der Waals surface area contributed by atoms with E-state index in [0.29, 0.717) is 12.3 Å². The number of nitro benzene ring substituents is 1. The molecule has 10 atom stereocenters. The van der Waals surface area contributed by atoms with Crippen molar-refractivity contribution in [2.75, 3.05) is 0 Å². The van der Waals surface area contributed by atoms with E-state index in [1.54, 1.807) is 6.92 Å². The second-order valence-corrected chi connectivity index (χ2v) is 11.9. The van der Waals surface area contributed by atoms with Crippen molar-refractivity contribution in [3.8, 4) is 0 Å². The van der Waals surface area contributed by atoms with Gasteiger partial charge in [0.2, 0.25) is 18.0 Å². The Morgan fingerprint density at radius 1 is 1.17 bits per heavy atom. The molecule has 4 heterocycles. The Balaban J connectivity index is 1.20. The quantitative estimate of drug-likeness (QED) is 0.165. The smallest absolute Gasteiger partial charge is 0.329 e. The van der Waals surface area contributed by atoms with Crippen LogP contribution in [0.3, 0.4) is 0 Å². The Kier molecular flexibility index (Phi) is 8.29.